The molecule has 2 aromatic rings. The van der Waals surface area contributed by atoms with Crippen LogP contribution in [0.3, 0.4) is 0 Å². The molecule has 180 valence electrons. The molecule has 2 aromatic carbocycles. The first-order chi connectivity index (χ1) is 16.5. The summed E-state index contributed by atoms with van der Waals surface area (Å²) in [6.45, 7) is 2.90. The number of aryl methyl sites for hydroxylation is 1. The van der Waals surface area contributed by atoms with Crippen LogP contribution >= 0.6 is 0 Å². The zero-order chi connectivity index (χ0) is 23.9. The van der Waals surface area contributed by atoms with Crippen molar-refractivity contribution in [1.82, 2.24) is 5.32 Å². The van der Waals surface area contributed by atoms with Crippen molar-refractivity contribution in [2.24, 2.45) is 11.8 Å². The number of fused-ring (bicyclic) bond motifs is 1. The average molecular weight is 465 g/mol. The van der Waals surface area contributed by atoms with Gasteiger partial charge < -0.3 is 19.7 Å². The lowest BCUT2D eigenvalue weighted by Gasteiger charge is -2.32. The maximum Gasteiger partial charge on any atom is 0.310 e. The molecule has 7 heteroatoms. The van der Waals surface area contributed by atoms with Gasteiger partial charge in [-0.05, 0) is 55.5 Å². The van der Waals surface area contributed by atoms with E-state index in [1.54, 1.807) is 0 Å². The summed E-state index contributed by atoms with van der Waals surface area (Å²) < 4.78 is 10.9. The van der Waals surface area contributed by atoms with Crippen LogP contribution < -0.4 is 15.0 Å². The molecule has 1 heterocycles. The molecule has 2 atom stereocenters. The summed E-state index contributed by atoms with van der Waals surface area (Å²) in [4.78, 5) is 40.1. The number of esters is 1. The second-order valence-electron chi connectivity index (χ2n) is 8.99. The number of carbonyl (C=O) groups is 3. The van der Waals surface area contributed by atoms with Crippen LogP contribution in [0.4, 0.5) is 5.69 Å². The SMILES string of the molecule is Cc1cccc(OCCNC(=O)COC(=O)C2CCCCC2C(=O)N2CCc3ccccc32)c1. The molecule has 0 saturated heterocycles. The van der Waals surface area contributed by atoms with Crippen molar-refractivity contribution in [2.45, 2.75) is 39.0 Å². The van der Waals surface area contributed by atoms with Gasteiger partial charge in [-0.25, -0.2) is 0 Å². The fourth-order valence-electron chi connectivity index (χ4n) is 4.84. The highest BCUT2D eigenvalue weighted by Crippen LogP contribution is 2.36. The van der Waals surface area contributed by atoms with Gasteiger partial charge in [0.25, 0.3) is 5.91 Å². The highest BCUT2D eigenvalue weighted by Gasteiger charge is 2.40. The van der Waals surface area contributed by atoms with Gasteiger partial charge >= 0.3 is 5.97 Å². The van der Waals surface area contributed by atoms with Crippen LogP contribution in [-0.2, 0) is 25.5 Å². The molecular weight excluding hydrogens is 432 g/mol. The third-order valence-corrected chi connectivity index (χ3v) is 6.57. The molecule has 1 saturated carbocycles. The minimum atomic E-state index is -0.508. The standard InChI is InChI=1S/C27H32N2O5/c1-19-7-6-9-21(17-19)33-16-14-28-25(30)18-34-27(32)23-11-4-3-10-22(23)26(31)29-15-13-20-8-2-5-12-24(20)29/h2,5-9,12,17,22-23H,3-4,10-11,13-16,18H2,1H3,(H,28,30). The first-order valence-corrected chi connectivity index (χ1v) is 12.0. The fourth-order valence-corrected chi connectivity index (χ4v) is 4.84. The van der Waals surface area contributed by atoms with E-state index in [0.717, 1.165) is 41.8 Å². The molecule has 1 fully saturated rings. The normalized spacial score (nSPS) is 19.3. The van der Waals surface area contributed by atoms with Crippen molar-refractivity contribution in [1.29, 1.82) is 0 Å². The fraction of sp³-hybridized carbons (Fsp3) is 0.444. The van der Waals surface area contributed by atoms with E-state index in [1.165, 1.54) is 0 Å². The molecule has 2 aliphatic rings. The summed E-state index contributed by atoms with van der Waals surface area (Å²) in [5.74, 6) is -1.02. The molecular formula is C27H32N2O5. The zero-order valence-corrected chi connectivity index (χ0v) is 19.6. The van der Waals surface area contributed by atoms with E-state index >= 15 is 0 Å². The second-order valence-corrected chi connectivity index (χ2v) is 8.99. The number of carbonyl (C=O) groups excluding carboxylic acids is 3. The molecule has 0 spiro atoms. The summed E-state index contributed by atoms with van der Waals surface area (Å²) in [5.41, 5.74) is 3.20. The molecule has 0 radical (unpaired) electrons. The second kappa shape index (κ2) is 11.2. The third kappa shape index (κ3) is 5.76. The summed E-state index contributed by atoms with van der Waals surface area (Å²) in [5, 5.41) is 2.70. The van der Waals surface area contributed by atoms with Crippen LogP contribution in [0.1, 0.15) is 36.8 Å². The molecule has 1 N–H and O–H groups in total. The predicted molar refractivity (Wildman–Crippen MR) is 129 cm³/mol. The van der Waals surface area contributed by atoms with Crippen LogP contribution in [0.5, 0.6) is 5.75 Å². The molecule has 0 bridgehead atoms. The minimum absolute atomic E-state index is 0.00986. The maximum absolute atomic E-state index is 13.4. The maximum atomic E-state index is 13.4. The third-order valence-electron chi connectivity index (χ3n) is 6.57. The summed E-state index contributed by atoms with van der Waals surface area (Å²) in [6.07, 6.45) is 3.90. The Morgan fingerprint density at radius 1 is 1.03 bits per heavy atom. The number of nitrogens with zero attached hydrogens (tertiary/aromatic N) is 1. The number of hydrogen-bond acceptors (Lipinski definition) is 5. The Balaban J connectivity index is 1.24. The lowest BCUT2D eigenvalue weighted by Crippen LogP contribution is -2.43. The Labute approximate surface area is 200 Å². The van der Waals surface area contributed by atoms with E-state index in [-0.39, 0.29) is 18.4 Å². The van der Waals surface area contributed by atoms with Crippen molar-refractivity contribution < 1.29 is 23.9 Å². The van der Waals surface area contributed by atoms with E-state index in [2.05, 4.69) is 5.32 Å². The summed E-state index contributed by atoms with van der Waals surface area (Å²) in [6, 6.07) is 15.6. The van der Waals surface area contributed by atoms with Crippen molar-refractivity contribution in [2.75, 3.05) is 31.2 Å². The Bertz CT molecular complexity index is 1040. The Hall–Kier alpha value is -3.35. The van der Waals surface area contributed by atoms with Gasteiger partial charge in [-0.2, -0.15) is 0 Å². The van der Waals surface area contributed by atoms with Gasteiger partial charge in [0.05, 0.1) is 18.4 Å². The summed E-state index contributed by atoms with van der Waals surface area (Å²) in [7, 11) is 0. The quantitative estimate of drug-likeness (QED) is 0.478. The molecule has 2 amide bonds. The highest BCUT2D eigenvalue weighted by molar-refractivity contribution is 5.99. The zero-order valence-electron chi connectivity index (χ0n) is 19.6. The summed E-state index contributed by atoms with van der Waals surface area (Å²) >= 11 is 0. The number of hydrogen-bond donors (Lipinski definition) is 1. The van der Waals surface area contributed by atoms with Crippen LogP contribution in [-0.4, -0.2) is 44.1 Å². The van der Waals surface area contributed by atoms with Crippen LogP contribution in [0, 0.1) is 18.8 Å². The van der Waals surface area contributed by atoms with E-state index in [9.17, 15) is 14.4 Å². The van der Waals surface area contributed by atoms with Crippen LogP contribution in [0.15, 0.2) is 48.5 Å². The molecule has 7 nitrogen and oxygen atoms in total. The molecule has 0 aromatic heterocycles. The number of anilines is 1. The van der Waals surface area contributed by atoms with Gasteiger partial charge in [-0.15, -0.1) is 0 Å². The number of benzene rings is 2. The van der Waals surface area contributed by atoms with Gasteiger partial charge in [0.1, 0.15) is 12.4 Å². The van der Waals surface area contributed by atoms with Crippen molar-refractivity contribution >= 4 is 23.5 Å². The van der Waals surface area contributed by atoms with E-state index < -0.39 is 17.8 Å². The minimum Gasteiger partial charge on any atom is -0.492 e. The number of ether oxygens (including phenoxy) is 2. The Morgan fingerprint density at radius 3 is 2.65 bits per heavy atom. The van der Waals surface area contributed by atoms with E-state index in [1.807, 2.05) is 60.4 Å². The monoisotopic (exact) mass is 464 g/mol. The van der Waals surface area contributed by atoms with Crippen molar-refractivity contribution in [3.63, 3.8) is 0 Å². The van der Waals surface area contributed by atoms with Crippen LogP contribution in [0.2, 0.25) is 0 Å². The van der Waals surface area contributed by atoms with Gasteiger partial charge in [0.2, 0.25) is 5.91 Å². The van der Waals surface area contributed by atoms with Crippen molar-refractivity contribution in [3.8, 4) is 5.75 Å². The van der Waals surface area contributed by atoms with Crippen molar-refractivity contribution in [3.05, 3.63) is 59.7 Å². The molecule has 2 unspecified atom stereocenters. The smallest absolute Gasteiger partial charge is 0.310 e. The number of nitrogens with one attached hydrogen (secondary N) is 1. The Kier molecular flexibility index (Phi) is 7.83. The van der Waals surface area contributed by atoms with E-state index in [4.69, 9.17) is 9.47 Å². The molecule has 4 rings (SSSR count). The van der Waals surface area contributed by atoms with Gasteiger partial charge in [0, 0.05) is 12.2 Å². The molecule has 1 aliphatic heterocycles. The van der Waals surface area contributed by atoms with E-state index in [0.29, 0.717) is 32.5 Å². The first-order valence-electron chi connectivity index (χ1n) is 12.0. The lowest BCUT2D eigenvalue weighted by atomic mass is 9.78. The topological polar surface area (TPSA) is 84.9 Å². The number of rotatable bonds is 8. The number of para-hydroxylation sites is 1. The predicted octanol–water partition coefficient (Wildman–Crippen LogP) is 3.43. The van der Waals surface area contributed by atoms with Crippen LogP contribution in [0.25, 0.3) is 0 Å². The number of amides is 2. The lowest BCUT2D eigenvalue weighted by molar-refractivity contribution is -0.157. The molecule has 1 aliphatic carbocycles. The molecule has 34 heavy (non-hydrogen) atoms. The average Bonchev–Trinajstić information content (AvgIpc) is 3.29. The largest absolute Gasteiger partial charge is 0.492 e. The Morgan fingerprint density at radius 2 is 1.82 bits per heavy atom. The van der Waals surface area contributed by atoms with Gasteiger partial charge in [0.15, 0.2) is 6.61 Å². The van der Waals surface area contributed by atoms with Gasteiger partial charge in [-0.3, -0.25) is 14.4 Å². The van der Waals surface area contributed by atoms with Gasteiger partial charge in [-0.1, -0.05) is 43.2 Å². The first kappa shape index (κ1) is 23.8. The highest BCUT2D eigenvalue weighted by atomic mass is 16.5.